The van der Waals surface area contributed by atoms with Crippen LogP contribution < -0.4 is 5.32 Å². The van der Waals surface area contributed by atoms with Crippen LogP contribution in [0.15, 0.2) is 22.7 Å². The third-order valence-corrected chi connectivity index (χ3v) is 3.45. The van der Waals surface area contributed by atoms with E-state index in [1.54, 1.807) is 0 Å². The minimum absolute atomic E-state index is 0.0301. The highest BCUT2D eigenvalue weighted by Gasteiger charge is 2.13. The van der Waals surface area contributed by atoms with Crippen LogP contribution in [0.2, 0.25) is 0 Å². The molecule has 2 nitrogen and oxygen atoms in total. The predicted octanol–water partition coefficient (Wildman–Crippen LogP) is 4.05. The van der Waals surface area contributed by atoms with Gasteiger partial charge in [-0.1, -0.05) is 28.9 Å². The second-order valence-electron chi connectivity index (χ2n) is 4.37. The zero-order valence-electron chi connectivity index (χ0n) is 10.3. The molecule has 0 aliphatic rings. The molecular weight excluding hydrogens is 346 g/mol. The number of carbonyl (C=O) groups is 1. The normalized spacial score (nSPS) is 14.2. The van der Waals surface area contributed by atoms with E-state index < -0.39 is 0 Å². The average molecular weight is 363 g/mol. The topological polar surface area (TPSA) is 29.1 Å². The van der Waals surface area contributed by atoms with Crippen LogP contribution in [-0.4, -0.2) is 16.8 Å². The van der Waals surface area contributed by atoms with E-state index in [9.17, 15) is 4.79 Å². The lowest BCUT2D eigenvalue weighted by molar-refractivity contribution is 0.0938. The van der Waals surface area contributed by atoms with Gasteiger partial charge in [0.05, 0.1) is 5.56 Å². The molecule has 2 unspecified atom stereocenters. The molecule has 17 heavy (non-hydrogen) atoms. The Balaban J connectivity index is 2.70. The Bertz CT molecular complexity index is 404. The van der Waals surface area contributed by atoms with E-state index in [1.807, 2.05) is 32.0 Å². The molecule has 0 aliphatic carbocycles. The van der Waals surface area contributed by atoms with E-state index in [2.05, 4.69) is 44.1 Å². The van der Waals surface area contributed by atoms with Crippen LogP contribution in [0.4, 0.5) is 0 Å². The molecule has 0 aliphatic heterocycles. The van der Waals surface area contributed by atoms with Crippen LogP contribution >= 0.6 is 31.9 Å². The third-order valence-electron chi connectivity index (χ3n) is 2.43. The molecule has 1 aromatic rings. The van der Waals surface area contributed by atoms with Crippen molar-refractivity contribution in [2.45, 2.75) is 38.1 Å². The molecular formula is C13H17Br2NO. The van der Waals surface area contributed by atoms with E-state index in [-0.39, 0.29) is 11.9 Å². The summed E-state index contributed by atoms with van der Waals surface area (Å²) in [6.45, 7) is 6.09. The van der Waals surface area contributed by atoms with Crippen molar-refractivity contribution in [1.82, 2.24) is 5.32 Å². The van der Waals surface area contributed by atoms with Crippen molar-refractivity contribution in [3.8, 4) is 0 Å². The van der Waals surface area contributed by atoms with E-state index in [0.29, 0.717) is 10.4 Å². The maximum Gasteiger partial charge on any atom is 0.252 e. The van der Waals surface area contributed by atoms with Gasteiger partial charge in [-0.15, -0.1) is 0 Å². The predicted molar refractivity (Wildman–Crippen MR) is 78.8 cm³/mol. The molecule has 1 amide bonds. The molecule has 0 aromatic heterocycles. The van der Waals surface area contributed by atoms with Gasteiger partial charge in [0.2, 0.25) is 0 Å². The highest BCUT2D eigenvalue weighted by atomic mass is 79.9. The molecule has 2 atom stereocenters. The molecule has 0 spiro atoms. The van der Waals surface area contributed by atoms with Gasteiger partial charge in [0, 0.05) is 15.3 Å². The van der Waals surface area contributed by atoms with Gasteiger partial charge in [0.25, 0.3) is 5.91 Å². The van der Waals surface area contributed by atoms with Crippen LogP contribution in [0.3, 0.4) is 0 Å². The van der Waals surface area contributed by atoms with Crippen LogP contribution in [0, 0.1) is 6.92 Å². The molecule has 4 heteroatoms. The molecule has 0 heterocycles. The second kappa shape index (κ2) is 6.55. The van der Waals surface area contributed by atoms with E-state index >= 15 is 0 Å². The molecule has 0 bridgehead atoms. The van der Waals surface area contributed by atoms with E-state index in [0.717, 1.165) is 16.5 Å². The van der Waals surface area contributed by atoms with E-state index in [4.69, 9.17) is 0 Å². The van der Waals surface area contributed by atoms with Gasteiger partial charge in [-0.3, -0.25) is 4.79 Å². The third kappa shape index (κ3) is 4.80. The number of nitrogens with one attached hydrogen (secondary N) is 1. The van der Waals surface area contributed by atoms with Gasteiger partial charge in [-0.05, 0) is 53.9 Å². The number of amides is 1. The Kier molecular flexibility index (Phi) is 5.67. The first-order chi connectivity index (χ1) is 7.90. The average Bonchev–Trinajstić information content (AvgIpc) is 2.15. The Labute approximate surface area is 119 Å². The van der Waals surface area contributed by atoms with Crippen molar-refractivity contribution in [3.63, 3.8) is 0 Å². The lowest BCUT2D eigenvalue weighted by Gasteiger charge is -2.15. The summed E-state index contributed by atoms with van der Waals surface area (Å²) in [4.78, 5) is 12.4. The summed E-state index contributed by atoms with van der Waals surface area (Å²) >= 11 is 6.90. The number of hydrogen-bond acceptors (Lipinski definition) is 1. The number of benzene rings is 1. The molecule has 0 radical (unpaired) electrons. The van der Waals surface area contributed by atoms with Crippen LogP contribution in [0.1, 0.15) is 36.2 Å². The summed E-state index contributed by atoms with van der Waals surface area (Å²) < 4.78 is 0.842. The number of hydrogen-bond donors (Lipinski definition) is 1. The largest absolute Gasteiger partial charge is 0.350 e. The van der Waals surface area contributed by atoms with Crippen molar-refractivity contribution < 1.29 is 4.79 Å². The molecule has 94 valence electrons. The van der Waals surface area contributed by atoms with Crippen LogP contribution in [-0.2, 0) is 0 Å². The first kappa shape index (κ1) is 14.7. The minimum atomic E-state index is -0.0301. The number of halogens is 2. The second-order valence-corrected chi connectivity index (χ2v) is 6.79. The molecule has 1 aromatic carbocycles. The summed E-state index contributed by atoms with van der Waals surface area (Å²) in [6, 6.07) is 5.90. The standard InChI is InChI=1S/C13H17Br2NO/c1-8-4-5-11(12(15)6-8)13(17)16-10(3)7-9(2)14/h4-6,9-10H,7H2,1-3H3,(H,16,17). The van der Waals surface area contributed by atoms with Crippen molar-refractivity contribution in [2.24, 2.45) is 0 Å². The van der Waals surface area contributed by atoms with Crippen LogP contribution in [0.25, 0.3) is 0 Å². The van der Waals surface area contributed by atoms with Gasteiger partial charge in [-0.2, -0.15) is 0 Å². The van der Waals surface area contributed by atoms with Gasteiger partial charge in [-0.25, -0.2) is 0 Å². The Morgan fingerprint density at radius 1 is 1.41 bits per heavy atom. The zero-order chi connectivity index (χ0) is 13.0. The Morgan fingerprint density at radius 2 is 2.06 bits per heavy atom. The summed E-state index contributed by atoms with van der Waals surface area (Å²) in [7, 11) is 0. The quantitative estimate of drug-likeness (QED) is 0.804. The monoisotopic (exact) mass is 361 g/mol. The molecule has 1 rings (SSSR count). The van der Waals surface area contributed by atoms with Gasteiger partial charge < -0.3 is 5.32 Å². The van der Waals surface area contributed by atoms with Crippen molar-refractivity contribution >= 4 is 37.8 Å². The lowest BCUT2D eigenvalue weighted by Crippen LogP contribution is -2.34. The smallest absolute Gasteiger partial charge is 0.252 e. The first-order valence-corrected chi connectivity index (χ1v) is 7.32. The highest BCUT2D eigenvalue weighted by Crippen LogP contribution is 2.18. The van der Waals surface area contributed by atoms with Crippen LogP contribution in [0.5, 0.6) is 0 Å². The fraction of sp³-hybridized carbons (Fsp3) is 0.462. The maximum atomic E-state index is 12.0. The fourth-order valence-corrected chi connectivity index (χ4v) is 2.89. The summed E-state index contributed by atoms with van der Waals surface area (Å²) in [5.74, 6) is -0.0301. The fourth-order valence-electron chi connectivity index (χ4n) is 1.65. The molecule has 0 fully saturated rings. The SMILES string of the molecule is Cc1ccc(C(=O)NC(C)CC(C)Br)c(Br)c1. The van der Waals surface area contributed by atoms with Gasteiger partial charge in [0.1, 0.15) is 0 Å². The maximum absolute atomic E-state index is 12.0. The van der Waals surface area contributed by atoms with Crippen molar-refractivity contribution in [3.05, 3.63) is 33.8 Å². The Hall–Kier alpha value is -0.350. The Morgan fingerprint density at radius 3 is 2.59 bits per heavy atom. The van der Waals surface area contributed by atoms with Gasteiger partial charge in [0.15, 0.2) is 0 Å². The summed E-state index contributed by atoms with van der Waals surface area (Å²) in [6.07, 6.45) is 0.912. The zero-order valence-corrected chi connectivity index (χ0v) is 13.4. The molecule has 0 saturated heterocycles. The number of alkyl halides is 1. The van der Waals surface area contributed by atoms with Gasteiger partial charge >= 0.3 is 0 Å². The number of aryl methyl sites for hydroxylation is 1. The highest BCUT2D eigenvalue weighted by molar-refractivity contribution is 9.10. The minimum Gasteiger partial charge on any atom is -0.350 e. The molecule has 1 N–H and O–H groups in total. The molecule has 0 saturated carbocycles. The van der Waals surface area contributed by atoms with Crippen molar-refractivity contribution in [2.75, 3.05) is 0 Å². The summed E-state index contributed by atoms with van der Waals surface area (Å²) in [5.41, 5.74) is 1.82. The van der Waals surface area contributed by atoms with E-state index in [1.165, 1.54) is 0 Å². The summed E-state index contributed by atoms with van der Waals surface area (Å²) in [5, 5.41) is 2.99. The number of carbonyl (C=O) groups excluding carboxylic acids is 1. The lowest BCUT2D eigenvalue weighted by atomic mass is 10.1. The van der Waals surface area contributed by atoms with Crippen molar-refractivity contribution in [1.29, 1.82) is 0 Å². The number of rotatable bonds is 4. The first-order valence-electron chi connectivity index (χ1n) is 5.61.